The zero-order valence-corrected chi connectivity index (χ0v) is 11.3. The van der Waals surface area contributed by atoms with E-state index in [0.717, 1.165) is 0 Å². The van der Waals surface area contributed by atoms with Crippen LogP contribution in [0.15, 0.2) is 11.8 Å². The molecule has 0 heterocycles. The molecule has 4 N–H and O–H groups in total. The molecule has 0 aromatic rings. The van der Waals surface area contributed by atoms with Gasteiger partial charge in [0.1, 0.15) is 11.6 Å². The molecule has 0 aliphatic rings. The molecule has 0 aliphatic carbocycles. The van der Waals surface area contributed by atoms with E-state index in [2.05, 4.69) is 5.32 Å². The maximum absolute atomic E-state index is 12.0. The normalized spacial score (nSPS) is 11.9. The predicted molar refractivity (Wildman–Crippen MR) is 68.7 cm³/mol. The molecule has 7 heteroatoms. The Kier molecular flexibility index (Phi) is 7.75. The summed E-state index contributed by atoms with van der Waals surface area (Å²) in [5.41, 5.74) is -0.801. The molecule has 0 fully saturated rings. The van der Waals surface area contributed by atoms with Crippen molar-refractivity contribution in [3.63, 3.8) is 0 Å². The van der Waals surface area contributed by atoms with E-state index in [4.69, 9.17) is 20.6 Å². The van der Waals surface area contributed by atoms with Crippen LogP contribution in [0.2, 0.25) is 0 Å². The van der Waals surface area contributed by atoms with E-state index in [1.165, 1.54) is 11.1 Å². The number of nitrogens with zero attached hydrogens (tertiary/aromatic N) is 2. The minimum atomic E-state index is -0.652. The van der Waals surface area contributed by atoms with Crippen molar-refractivity contribution in [1.82, 2.24) is 10.2 Å². The molecule has 0 saturated heterocycles. The molecule has 7 nitrogen and oxygen atoms in total. The van der Waals surface area contributed by atoms with Gasteiger partial charge in [0.2, 0.25) is 0 Å². The van der Waals surface area contributed by atoms with Crippen LogP contribution in [0.4, 0.5) is 0 Å². The smallest absolute Gasteiger partial charge is 0.266 e. The van der Waals surface area contributed by atoms with Crippen LogP contribution in [-0.2, 0) is 4.79 Å². The van der Waals surface area contributed by atoms with Crippen molar-refractivity contribution < 1.29 is 20.1 Å². The molecule has 0 spiro atoms. The van der Waals surface area contributed by atoms with Crippen LogP contribution in [-0.4, -0.2) is 64.6 Å². The Labute approximate surface area is 112 Å². The van der Waals surface area contributed by atoms with Crippen LogP contribution < -0.4 is 5.32 Å². The van der Waals surface area contributed by atoms with Crippen LogP contribution in [0.5, 0.6) is 0 Å². The monoisotopic (exact) mass is 271 g/mol. The Hall–Kier alpha value is -1.62. The number of hydrogen-bond donors (Lipinski definition) is 4. The first-order valence-electron chi connectivity index (χ1n) is 5.91. The van der Waals surface area contributed by atoms with Gasteiger partial charge < -0.3 is 25.5 Å². The minimum absolute atomic E-state index is 0.0435. The Morgan fingerprint density at radius 2 is 1.84 bits per heavy atom. The van der Waals surface area contributed by atoms with Crippen molar-refractivity contribution in [3.05, 3.63) is 11.8 Å². The molecule has 0 bridgehead atoms. The molecule has 0 radical (unpaired) electrons. The number of aliphatic hydroxyl groups excluding tert-OH is 3. The van der Waals surface area contributed by atoms with Gasteiger partial charge in [0, 0.05) is 19.3 Å². The van der Waals surface area contributed by atoms with Gasteiger partial charge in [-0.2, -0.15) is 5.26 Å². The van der Waals surface area contributed by atoms with Crippen LogP contribution in [0.1, 0.15) is 13.8 Å². The first-order chi connectivity index (χ1) is 8.91. The Bertz CT molecular complexity index is 354. The fraction of sp³-hybridized carbons (Fsp3) is 0.667. The third-order valence-corrected chi connectivity index (χ3v) is 2.38. The van der Waals surface area contributed by atoms with E-state index in [0.29, 0.717) is 0 Å². The second-order valence-corrected chi connectivity index (χ2v) is 4.60. The van der Waals surface area contributed by atoms with Gasteiger partial charge in [-0.25, -0.2) is 0 Å². The second kappa shape index (κ2) is 8.48. The van der Waals surface area contributed by atoms with Gasteiger partial charge in [0.15, 0.2) is 0 Å². The van der Waals surface area contributed by atoms with Gasteiger partial charge in [0.25, 0.3) is 5.91 Å². The predicted octanol–water partition coefficient (Wildman–Crippen LogP) is -1.43. The van der Waals surface area contributed by atoms with Crippen LogP contribution in [0.25, 0.3) is 0 Å². The maximum Gasteiger partial charge on any atom is 0.266 e. The second-order valence-electron chi connectivity index (χ2n) is 4.60. The average Bonchev–Trinajstić information content (AvgIpc) is 2.39. The maximum atomic E-state index is 12.0. The molecule has 108 valence electrons. The van der Waals surface area contributed by atoms with Gasteiger partial charge in [0.05, 0.1) is 25.4 Å². The lowest BCUT2D eigenvalue weighted by molar-refractivity contribution is -0.127. The van der Waals surface area contributed by atoms with E-state index in [-0.39, 0.29) is 38.5 Å². The zero-order chi connectivity index (χ0) is 14.9. The van der Waals surface area contributed by atoms with E-state index < -0.39 is 11.4 Å². The highest BCUT2D eigenvalue weighted by Gasteiger charge is 2.19. The summed E-state index contributed by atoms with van der Waals surface area (Å²) in [7, 11) is 0. The molecule has 0 unspecified atom stereocenters. The highest BCUT2D eigenvalue weighted by atomic mass is 16.3. The largest absolute Gasteiger partial charge is 0.395 e. The lowest BCUT2D eigenvalue weighted by Crippen LogP contribution is -2.41. The molecular weight excluding hydrogens is 250 g/mol. The van der Waals surface area contributed by atoms with Crippen LogP contribution in [0, 0.1) is 11.3 Å². The number of nitriles is 1. The standard InChI is InChI=1S/C12H21N3O4/c1-12(2,9-18)14-8-10(7-13)11(19)15(3-5-16)4-6-17/h8,14,16-18H,3-6,9H2,1-2H3/b10-8-. The summed E-state index contributed by atoms with van der Waals surface area (Å²) in [6, 6.07) is 1.76. The molecule has 0 aromatic carbocycles. The number of rotatable bonds is 8. The summed E-state index contributed by atoms with van der Waals surface area (Å²) in [6.07, 6.45) is 1.24. The summed E-state index contributed by atoms with van der Waals surface area (Å²) in [4.78, 5) is 13.2. The third-order valence-electron chi connectivity index (χ3n) is 2.38. The minimum Gasteiger partial charge on any atom is -0.395 e. The van der Waals surface area contributed by atoms with Crippen molar-refractivity contribution in [2.75, 3.05) is 32.9 Å². The summed E-state index contributed by atoms with van der Waals surface area (Å²) < 4.78 is 0. The number of aliphatic hydroxyl groups is 3. The Morgan fingerprint density at radius 3 is 2.21 bits per heavy atom. The highest BCUT2D eigenvalue weighted by Crippen LogP contribution is 2.04. The van der Waals surface area contributed by atoms with Gasteiger partial charge in [-0.15, -0.1) is 0 Å². The van der Waals surface area contributed by atoms with Gasteiger partial charge >= 0.3 is 0 Å². The Morgan fingerprint density at radius 1 is 1.32 bits per heavy atom. The van der Waals surface area contributed by atoms with Gasteiger partial charge in [-0.05, 0) is 13.8 Å². The molecule has 0 rings (SSSR count). The number of carbonyl (C=O) groups is 1. The SMILES string of the molecule is CC(C)(CO)N/C=C(/C#N)C(=O)N(CCO)CCO. The van der Waals surface area contributed by atoms with Crippen molar-refractivity contribution >= 4 is 5.91 Å². The summed E-state index contributed by atoms with van der Waals surface area (Å²) >= 11 is 0. The van der Waals surface area contributed by atoms with E-state index in [9.17, 15) is 4.79 Å². The van der Waals surface area contributed by atoms with Crippen molar-refractivity contribution in [2.45, 2.75) is 19.4 Å². The molecule has 0 saturated carbocycles. The fourth-order valence-electron chi connectivity index (χ4n) is 1.18. The molecule has 0 aliphatic heterocycles. The van der Waals surface area contributed by atoms with E-state index in [1.807, 2.05) is 0 Å². The lowest BCUT2D eigenvalue weighted by atomic mass is 10.1. The van der Waals surface area contributed by atoms with Gasteiger partial charge in [-0.1, -0.05) is 0 Å². The fourth-order valence-corrected chi connectivity index (χ4v) is 1.18. The van der Waals surface area contributed by atoms with Crippen LogP contribution >= 0.6 is 0 Å². The topological polar surface area (TPSA) is 117 Å². The summed E-state index contributed by atoms with van der Waals surface area (Å²) in [5.74, 6) is -0.577. The molecule has 0 atom stereocenters. The number of nitrogens with one attached hydrogen (secondary N) is 1. The number of hydrogen-bond acceptors (Lipinski definition) is 6. The first-order valence-corrected chi connectivity index (χ1v) is 5.91. The first kappa shape index (κ1) is 17.4. The van der Waals surface area contributed by atoms with E-state index in [1.54, 1.807) is 19.9 Å². The van der Waals surface area contributed by atoms with Crippen molar-refractivity contribution in [2.24, 2.45) is 0 Å². The molecule has 0 aromatic heterocycles. The summed E-state index contributed by atoms with van der Waals surface area (Å²) in [6.45, 7) is 2.85. The van der Waals surface area contributed by atoms with Crippen LogP contribution in [0.3, 0.4) is 0 Å². The van der Waals surface area contributed by atoms with Crippen molar-refractivity contribution in [3.8, 4) is 6.07 Å². The summed E-state index contributed by atoms with van der Waals surface area (Å²) in [5, 5.41) is 38.5. The number of carbonyl (C=O) groups excluding carboxylic acids is 1. The Balaban J connectivity index is 4.88. The molecule has 1 amide bonds. The molecular formula is C12H21N3O4. The van der Waals surface area contributed by atoms with E-state index >= 15 is 0 Å². The lowest BCUT2D eigenvalue weighted by Gasteiger charge is -2.23. The average molecular weight is 271 g/mol. The molecule has 19 heavy (non-hydrogen) atoms. The van der Waals surface area contributed by atoms with Crippen molar-refractivity contribution in [1.29, 1.82) is 5.26 Å². The third kappa shape index (κ3) is 6.20. The highest BCUT2D eigenvalue weighted by molar-refractivity contribution is 5.97. The number of amides is 1. The quantitative estimate of drug-likeness (QED) is 0.317. The van der Waals surface area contributed by atoms with Gasteiger partial charge in [-0.3, -0.25) is 4.79 Å². The zero-order valence-electron chi connectivity index (χ0n) is 11.3.